The zero-order valence-electron chi connectivity index (χ0n) is 27.2. The van der Waals surface area contributed by atoms with Crippen molar-refractivity contribution >= 4 is 17.8 Å². The van der Waals surface area contributed by atoms with Gasteiger partial charge in [0.25, 0.3) is 11.8 Å². The molecule has 5 aliphatic heterocycles. The molecule has 2 bridgehead atoms. The summed E-state index contributed by atoms with van der Waals surface area (Å²) >= 11 is 0. The average Bonchev–Trinajstić information content (AvgIpc) is 3.64. The van der Waals surface area contributed by atoms with Crippen molar-refractivity contribution in [1.82, 2.24) is 14.7 Å². The van der Waals surface area contributed by atoms with E-state index in [-0.39, 0.29) is 25.1 Å². The van der Waals surface area contributed by atoms with E-state index in [2.05, 4.69) is 15.9 Å². The fraction of sp³-hybridized carbons (Fsp3) is 0.389. The van der Waals surface area contributed by atoms with E-state index >= 15 is 0 Å². The molecule has 246 valence electrons. The minimum absolute atomic E-state index is 0.0444. The Hall–Kier alpha value is -5.12. The van der Waals surface area contributed by atoms with Gasteiger partial charge in [0.05, 0.1) is 36.4 Å². The second kappa shape index (κ2) is 10.7. The third-order valence-electron chi connectivity index (χ3n) is 10.7. The van der Waals surface area contributed by atoms with E-state index in [1.165, 1.54) is 18.9 Å². The molecule has 12 heteroatoms. The van der Waals surface area contributed by atoms with Gasteiger partial charge in [0.2, 0.25) is 6.79 Å². The molecule has 3 aromatic carbocycles. The Balaban J connectivity index is 1.38. The number of carbonyl (C=O) groups is 3. The number of nitriles is 1. The van der Waals surface area contributed by atoms with Crippen LogP contribution in [0.1, 0.15) is 73.1 Å². The summed E-state index contributed by atoms with van der Waals surface area (Å²) in [4.78, 5) is 45.6. The number of fused-ring (bicyclic) bond motifs is 10. The highest BCUT2D eigenvalue weighted by Gasteiger charge is 2.57. The Labute approximate surface area is 276 Å². The van der Waals surface area contributed by atoms with E-state index in [0.29, 0.717) is 69.2 Å². The lowest BCUT2D eigenvalue weighted by molar-refractivity contribution is -0.132. The second-order valence-electron chi connectivity index (χ2n) is 13.1. The van der Waals surface area contributed by atoms with Gasteiger partial charge >= 0.3 is 5.97 Å². The van der Waals surface area contributed by atoms with Gasteiger partial charge < -0.3 is 24.1 Å². The van der Waals surface area contributed by atoms with E-state index in [0.717, 1.165) is 11.1 Å². The van der Waals surface area contributed by atoms with Gasteiger partial charge in [0.1, 0.15) is 11.8 Å². The molecule has 48 heavy (non-hydrogen) atoms. The first kappa shape index (κ1) is 30.2. The van der Waals surface area contributed by atoms with Crippen LogP contribution in [-0.4, -0.2) is 83.2 Å². The third-order valence-corrected chi connectivity index (χ3v) is 10.7. The molecule has 12 nitrogen and oxygen atoms in total. The first-order valence-corrected chi connectivity index (χ1v) is 15.9. The van der Waals surface area contributed by atoms with Crippen LogP contribution in [0.3, 0.4) is 0 Å². The Morgan fingerprint density at radius 2 is 1.73 bits per heavy atom. The van der Waals surface area contributed by atoms with Gasteiger partial charge in [0, 0.05) is 47.8 Å². The van der Waals surface area contributed by atoms with Crippen LogP contribution >= 0.6 is 0 Å². The van der Waals surface area contributed by atoms with Crippen molar-refractivity contribution in [2.24, 2.45) is 0 Å². The van der Waals surface area contributed by atoms with Gasteiger partial charge in [-0.25, -0.2) is 0 Å². The number of aryl methyl sites for hydroxylation is 1. The summed E-state index contributed by atoms with van der Waals surface area (Å²) in [5.41, 5.74) is 4.94. The fourth-order valence-corrected chi connectivity index (χ4v) is 8.87. The molecule has 5 heterocycles. The Bertz CT molecular complexity index is 1970. The zero-order chi connectivity index (χ0) is 33.8. The number of esters is 1. The number of methoxy groups -OCH3 is 1. The van der Waals surface area contributed by atoms with Crippen LogP contribution in [0.5, 0.6) is 28.7 Å². The maximum absolute atomic E-state index is 13.8. The molecule has 0 aliphatic carbocycles. The van der Waals surface area contributed by atoms with Gasteiger partial charge in [-0.15, -0.1) is 0 Å². The zero-order valence-corrected chi connectivity index (χ0v) is 27.2. The number of nitrogens with zero attached hydrogens (tertiary/aromatic N) is 4. The lowest BCUT2D eigenvalue weighted by Crippen LogP contribution is -2.68. The third kappa shape index (κ3) is 3.98. The standard InChI is InChI=1S/C36H34N4O8/c1-16-10-19-11-23-25(13-37)40-24(29(38(23)4)27(19)30(42)31(16)45-5)12-22-28(34-33(46-15-47-34)17(2)32(22)48-18(3)41)26(40)14-39-35(43)20-8-6-7-9-21(20)36(39)44/h6-10,23-26,29,42H,11-12,14-15H2,1-5H3/t23-,24?,25-,26-,29-/m0/s1. The summed E-state index contributed by atoms with van der Waals surface area (Å²) in [6.45, 7) is 4.86. The van der Waals surface area contributed by atoms with Crippen molar-refractivity contribution < 1.29 is 38.4 Å². The molecule has 1 N–H and O–H groups in total. The molecule has 1 unspecified atom stereocenters. The first-order chi connectivity index (χ1) is 23.1. The number of piperazine rings is 1. The number of likely N-dealkylation sites (N-methyl/N-ethyl adjacent to an activating group) is 1. The van der Waals surface area contributed by atoms with E-state index < -0.39 is 42.0 Å². The van der Waals surface area contributed by atoms with E-state index in [1.54, 1.807) is 31.2 Å². The van der Waals surface area contributed by atoms with E-state index in [9.17, 15) is 24.8 Å². The highest BCUT2D eigenvalue weighted by molar-refractivity contribution is 6.21. The van der Waals surface area contributed by atoms with Crippen molar-refractivity contribution in [2.45, 2.75) is 63.8 Å². The van der Waals surface area contributed by atoms with Gasteiger partial charge in [-0.2, -0.15) is 5.26 Å². The van der Waals surface area contributed by atoms with Gasteiger partial charge in [-0.1, -0.05) is 18.2 Å². The van der Waals surface area contributed by atoms with Gasteiger partial charge in [-0.3, -0.25) is 29.1 Å². The van der Waals surface area contributed by atoms with E-state index in [4.69, 9.17) is 18.9 Å². The Morgan fingerprint density at radius 3 is 2.38 bits per heavy atom. The monoisotopic (exact) mass is 650 g/mol. The van der Waals surface area contributed by atoms with Crippen molar-refractivity contribution in [1.29, 1.82) is 5.26 Å². The largest absolute Gasteiger partial charge is 0.504 e. The summed E-state index contributed by atoms with van der Waals surface area (Å²) < 4.78 is 23.6. The summed E-state index contributed by atoms with van der Waals surface area (Å²) in [5.74, 6) is 0.250. The number of amides is 2. The molecular formula is C36H34N4O8. The number of hydrogen-bond acceptors (Lipinski definition) is 11. The van der Waals surface area contributed by atoms with Crippen LogP contribution in [0.2, 0.25) is 0 Å². The Kier molecular flexibility index (Phi) is 6.74. The maximum Gasteiger partial charge on any atom is 0.308 e. The summed E-state index contributed by atoms with van der Waals surface area (Å²) in [6, 6.07) is 8.71. The van der Waals surface area contributed by atoms with Crippen LogP contribution in [0, 0.1) is 25.2 Å². The maximum atomic E-state index is 13.8. The topological polar surface area (TPSA) is 142 Å². The van der Waals surface area contributed by atoms with Crippen LogP contribution in [0.15, 0.2) is 30.3 Å². The molecule has 0 aromatic heterocycles. The fourth-order valence-electron chi connectivity index (χ4n) is 8.87. The normalized spacial score (nSPS) is 25.2. The van der Waals surface area contributed by atoms with Crippen LogP contribution < -0.4 is 18.9 Å². The van der Waals surface area contributed by atoms with Gasteiger partial charge in [-0.05, 0) is 57.0 Å². The molecule has 0 radical (unpaired) electrons. The number of carbonyl (C=O) groups excluding carboxylic acids is 3. The van der Waals surface area contributed by atoms with Crippen LogP contribution in [0.4, 0.5) is 0 Å². The number of ether oxygens (including phenoxy) is 4. The number of hydrogen-bond donors (Lipinski definition) is 1. The molecule has 5 atom stereocenters. The predicted octanol–water partition coefficient (Wildman–Crippen LogP) is 3.74. The number of imide groups is 1. The quantitative estimate of drug-likeness (QED) is 0.251. The summed E-state index contributed by atoms with van der Waals surface area (Å²) in [6.07, 6.45) is 0.794. The number of phenols is 1. The number of rotatable bonds is 4. The molecule has 0 spiro atoms. The number of benzene rings is 3. The van der Waals surface area contributed by atoms with Crippen LogP contribution in [-0.2, 0) is 17.6 Å². The Morgan fingerprint density at radius 1 is 1.04 bits per heavy atom. The molecular weight excluding hydrogens is 616 g/mol. The molecule has 8 rings (SSSR count). The molecule has 2 amide bonds. The summed E-state index contributed by atoms with van der Waals surface area (Å²) in [7, 11) is 3.48. The number of aromatic hydroxyl groups is 1. The SMILES string of the molecule is COc1c(C)cc2c(c1O)[C@@H]1C3Cc4c(OC(C)=O)c(C)c5c(c4[C@H](CN4C(=O)c6ccccc6C4=O)N3[C@@H](C#N)[C@H](C2)N1C)OCO5. The highest BCUT2D eigenvalue weighted by atomic mass is 16.7. The molecule has 3 aromatic rings. The minimum atomic E-state index is -0.745. The van der Waals surface area contributed by atoms with Crippen molar-refractivity contribution in [3.8, 4) is 34.8 Å². The van der Waals surface area contributed by atoms with Crippen molar-refractivity contribution in [3.63, 3.8) is 0 Å². The smallest absolute Gasteiger partial charge is 0.308 e. The number of phenolic OH excluding ortho intramolecular Hbond substituents is 1. The summed E-state index contributed by atoms with van der Waals surface area (Å²) in [5, 5.41) is 22.6. The van der Waals surface area contributed by atoms with Gasteiger partial charge in [0.15, 0.2) is 23.0 Å². The molecule has 0 saturated carbocycles. The first-order valence-electron chi connectivity index (χ1n) is 15.9. The lowest BCUT2D eigenvalue weighted by atomic mass is 9.71. The minimum Gasteiger partial charge on any atom is -0.504 e. The van der Waals surface area contributed by atoms with Crippen molar-refractivity contribution in [2.75, 3.05) is 27.5 Å². The second-order valence-corrected chi connectivity index (χ2v) is 13.1. The highest BCUT2D eigenvalue weighted by Crippen LogP contribution is 2.58. The average molecular weight is 651 g/mol. The molecule has 5 aliphatic rings. The van der Waals surface area contributed by atoms with Crippen LogP contribution in [0.25, 0.3) is 0 Å². The lowest BCUT2D eigenvalue weighted by Gasteiger charge is -2.60. The van der Waals surface area contributed by atoms with Crippen molar-refractivity contribution in [3.05, 3.63) is 74.8 Å². The molecule has 1 fully saturated rings. The van der Waals surface area contributed by atoms with E-state index in [1.807, 2.05) is 20.0 Å². The predicted molar refractivity (Wildman–Crippen MR) is 169 cm³/mol. The molecule has 1 saturated heterocycles.